The summed E-state index contributed by atoms with van der Waals surface area (Å²) in [6, 6.07) is 19.7. The molecule has 0 aromatic heterocycles. The SMILES string of the molecule is CCOc1ccc(C2C(C(=O)C34CC5CC(CC(C5)C3)C4)N3c4ccccc4C=CC3C2(C#N)C#N)cc1. The average Bonchev–Trinajstić information content (AvgIpc) is 3.23. The molecule has 2 aromatic carbocycles. The van der Waals surface area contributed by atoms with E-state index in [0.717, 1.165) is 41.8 Å². The van der Waals surface area contributed by atoms with Crippen LogP contribution in [0.15, 0.2) is 54.6 Å². The van der Waals surface area contributed by atoms with E-state index in [1.165, 1.54) is 19.3 Å². The highest BCUT2D eigenvalue weighted by molar-refractivity contribution is 5.97. The molecule has 5 fully saturated rings. The third kappa shape index (κ3) is 3.18. The Labute approximate surface area is 224 Å². The zero-order valence-electron chi connectivity index (χ0n) is 21.8. The molecule has 5 nitrogen and oxygen atoms in total. The van der Waals surface area contributed by atoms with Gasteiger partial charge in [-0.25, -0.2) is 0 Å². The second-order valence-corrected chi connectivity index (χ2v) is 12.3. The van der Waals surface area contributed by atoms with Crippen LogP contribution >= 0.6 is 0 Å². The van der Waals surface area contributed by atoms with Crippen LogP contribution in [0.1, 0.15) is 62.5 Å². The Morgan fingerprint density at radius 3 is 2.21 bits per heavy atom. The highest BCUT2D eigenvalue weighted by atomic mass is 16.5. The fourth-order valence-electron chi connectivity index (χ4n) is 9.27. The summed E-state index contributed by atoms with van der Waals surface area (Å²) in [7, 11) is 0. The van der Waals surface area contributed by atoms with Crippen LogP contribution in [0.25, 0.3) is 6.08 Å². The molecule has 6 aliphatic rings. The van der Waals surface area contributed by atoms with Crippen LogP contribution < -0.4 is 9.64 Å². The molecule has 0 radical (unpaired) electrons. The van der Waals surface area contributed by atoms with Crippen molar-refractivity contribution in [3.63, 3.8) is 0 Å². The van der Waals surface area contributed by atoms with Gasteiger partial charge in [-0.15, -0.1) is 0 Å². The smallest absolute Gasteiger partial charge is 0.176 e. The lowest BCUT2D eigenvalue weighted by Crippen LogP contribution is -2.56. The number of hydrogen-bond acceptors (Lipinski definition) is 5. The first-order valence-corrected chi connectivity index (χ1v) is 14.2. The zero-order valence-corrected chi connectivity index (χ0v) is 21.8. The summed E-state index contributed by atoms with van der Waals surface area (Å²) in [6.07, 6.45) is 10.7. The second kappa shape index (κ2) is 8.47. The maximum Gasteiger partial charge on any atom is 0.176 e. The average molecular weight is 504 g/mol. The van der Waals surface area contributed by atoms with Gasteiger partial charge in [0.15, 0.2) is 11.2 Å². The molecule has 0 amide bonds. The number of carbonyl (C=O) groups is 1. The number of rotatable bonds is 5. The summed E-state index contributed by atoms with van der Waals surface area (Å²) >= 11 is 0. The molecular formula is C33H33N3O2. The Balaban J connectivity index is 1.41. The van der Waals surface area contributed by atoms with Gasteiger partial charge < -0.3 is 9.64 Å². The fraction of sp³-hybridized carbons (Fsp3) is 0.485. The number of carbonyl (C=O) groups excluding carboxylic acids is 1. The lowest BCUT2D eigenvalue weighted by molar-refractivity contribution is -0.145. The number of Topliss-reactive ketones (excluding diaryl/α,β-unsaturated/α-hetero) is 1. The minimum atomic E-state index is -1.39. The van der Waals surface area contributed by atoms with Crippen molar-refractivity contribution in [3.05, 3.63) is 65.7 Å². The lowest BCUT2D eigenvalue weighted by Gasteiger charge is -2.57. The largest absolute Gasteiger partial charge is 0.494 e. The standard InChI is InChI=1S/C33H33N3O2/c1-2-38-26-10-7-25(8-11-26)29-30(31(37)32-16-21-13-22(17-32)15-23(14-21)18-32)36-27-6-4-3-5-24(27)9-12-28(36)33(29,19-34)20-35/h3-12,21-23,28-30H,2,13-18H2,1H3. The molecule has 4 saturated carbocycles. The Hall–Kier alpha value is -3.57. The molecule has 5 heteroatoms. The van der Waals surface area contributed by atoms with Gasteiger partial charge in [0.05, 0.1) is 30.8 Å². The van der Waals surface area contributed by atoms with E-state index < -0.39 is 23.4 Å². The summed E-state index contributed by atoms with van der Waals surface area (Å²) < 4.78 is 5.69. The highest BCUT2D eigenvalue weighted by Gasteiger charge is 2.66. The third-order valence-electron chi connectivity index (χ3n) is 10.3. The van der Waals surface area contributed by atoms with Gasteiger partial charge in [-0.05, 0) is 92.5 Å². The molecule has 0 N–H and O–H groups in total. The number of ketones is 1. The van der Waals surface area contributed by atoms with Crippen LogP contribution in [-0.4, -0.2) is 24.5 Å². The molecule has 3 unspecified atom stereocenters. The molecule has 2 heterocycles. The first-order chi connectivity index (χ1) is 18.5. The number of para-hydroxylation sites is 1. The first kappa shape index (κ1) is 23.5. The second-order valence-electron chi connectivity index (χ2n) is 12.3. The minimum Gasteiger partial charge on any atom is -0.494 e. The van der Waals surface area contributed by atoms with Gasteiger partial charge >= 0.3 is 0 Å². The Kier molecular flexibility index (Phi) is 5.25. The zero-order chi connectivity index (χ0) is 26.1. The van der Waals surface area contributed by atoms with Crippen LogP contribution in [0.2, 0.25) is 0 Å². The molecule has 3 atom stereocenters. The number of ether oxygens (including phenoxy) is 1. The number of nitriles is 2. The van der Waals surface area contributed by atoms with Gasteiger partial charge in [0.2, 0.25) is 0 Å². The maximum absolute atomic E-state index is 15.1. The van der Waals surface area contributed by atoms with E-state index in [-0.39, 0.29) is 11.2 Å². The molecule has 4 bridgehead atoms. The van der Waals surface area contributed by atoms with Crippen molar-refractivity contribution < 1.29 is 9.53 Å². The van der Waals surface area contributed by atoms with Crippen molar-refractivity contribution in [1.29, 1.82) is 10.5 Å². The molecule has 8 rings (SSSR count). The van der Waals surface area contributed by atoms with E-state index in [0.29, 0.717) is 24.4 Å². The van der Waals surface area contributed by atoms with E-state index in [9.17, 15) is 10.5 Å². The first-order valence-electron chi connectivity index (χ1n) is 14.2. The molecule has 2 aromatic rings. The van der Waals surface area contributed by atoms with E-state index in [1.54, 1.807) is 0 Å². The summed E-state index contributed by atoms with van der Waals surface area (Å²) in [5.41, 5.74) is 1.11. The van der Waals surface area contributed by atoms with Gasteiger partial charge in [0.1, 0.15) is 5.75 Å². The van der Waals surface area contributed by atoms with Crippen molar-refractivity contribution in [3.8, 4) is 17.9 Å². The molecule has 4 aliphatic carbocycles. The highest BCUT2D eigenvalue weighted by Crippen LogP contribution is 2.63. The van der Waals surface area contributed by atoms with Crippen molar-refractivity contribution in [2.24, 2.45) is 28.6 Å². The van der Waals surface area contributed by atoms with Crippen molar-refractivity contribution >= 4 is 17.5 Å². The molecule has 2 aliphatic heterocycles. The molecule has 0 spiro atoms. The maximum atomic E-state index is 15.1. The number of anilines is 1. The van der Waals surface area contributed by atoms with E-state index in [1.807, 2.05) is 61.5 Å². The molecule has 38 heavy (non-hydrogen) atoms. The van der Waals surface area contributed by atoms with E-state index >= 15 is 4.79 Å². The Bertz CT molecular complexity index is 1350. The van der Waals surface area contributed by atoms with E-state index in [4.69, 9.17) is 4.74 Å². The van der Waals surface area contributed by atoms with Crippen LogP contribution in [0.5, 0.6) is 5.75 Å². The predicted molar refractivity (Wildman–Crippen MR) is 145 cm³/mol. The fourth-order valence-corrected chi connectivity index (χ4v) is 9.27. The predicted octanol–water partition coefficient (Wildman–Crippen LogP) is 6.27. The van der Waals surface area contributed by atoms with Gasteiger partial charge in [-0.1, -0.05) is 42.5 Å². The van der Waals surface area contributed by atoms with Crippen molar-refractivity contribution in [2.75, 3.05) is 11.5 Å². The number of hydrogen-bond donors (Lipinski definition) is 0. The summed E-state index contributed by atoms with van der Waals surface area (Å²) in [4.78, 5) is 17.3. The number of fused-ring (bicyclic) bond motifs is 3. The van der Waals surface area contributed by atoms with Crippen LogP contribution in [0.4, 0.5) is 5.69 Å². The van der Waals surface area contributed by atoms with E-state index in [2.05, 4.69) is 23.1 Å². The minimum absolute atomic E-state index is 0.262. The molecule has 192 valence electrons. The van der Waals surface area contributed by atoms with Crippen molar-refractivity contribution in [2.45, 2.75) is 63.5 Å². The van der Waals surface area contributed by atoms with Gasteiger partial charge in [0, 0.05) is 17.0 Å². The summed E-state index contributed by atoms with van der Waals surface area (Å²) in [6.45, 7) is 2.51. The normalized spacial score (nSPS) is 35.2. The molecule has 1 saturated heterocycles. The third-order valence-corrected chi connectivity index (χ3v) is 10.3. The lowest BCUT2D eigenvalue weighted by atomic mass is 9.47. The number of nitrogens with zero attached hydrogens (tertiary/aromatic N) is 3. The monoisotopic (exact) mass is 503 g/mol. The van der Waals surface area contributed by atoms with Crippen LogP contribution in [0, 0.1) is 51.2 Å². The van der Waals surface area contributed by atoms with Crippen LogP contribution in [0.3, 0.4) is 0 Å². The van der Waals surface area contributed by atoms with Gasteiger partial charge in [-0.2, -0.15) is 10.5 Å². The number of benzene rings is 2. The topological polar surface area (TPSA) is 77.1 Å². The van der Waals surface area contributed by atoms with Crippen molar-refractivity contribution in [1.82, 2.24) is 0 Å². The van der Waals surface area contributed by atoms with Gasteiger partial charge in [0.25, 0.3) is 0 Å². The summed E-state index contributed by atoms with van der Waals surface area (Å²) in [5.74, 6) is 2.36. The Morgan fingerprint density at radius 2 is 1.61 bits per heavy atom. The summed E-state index contributed by atoms with van der Waals surface area (Å²) in [5, 5.41) is 21.5. The van der Waals surface area contributed by atoms with Gasteiger partial charge in [-0.3, -0.25) is 4.79 Å². The quantitative estimate of drug-likeness (QED) is 0.480. The molecular weight excluding hydrogens is 470 g/mol. The van der Waals surface area contributed by atoms with Crippen LogP contribution in [-0.2, 0) is 4.79 Å². The Morgan fingerprint density at radius 1 is 0.974 bits per heavy atom.